The molecule has 3 rings (SSSR count). The van der Waals surface area contributed by atoms with Gasteiger partial charge in [-0.3, -0.25) is 0 Å². The number of thiophene rings is 1. The van der Waals surface area contributed by atoms with Gasteiger partial charge < -0.3 is 5.32 Å². The summed E-state index contributed by atoms with van der Waals surface area (Å²) in [6.45, 7) is 3.29. The number of hydrogen-bond acceptors (Lipinski definition) is 2. The summed E-state index contributed by atoms with van der Waals surface area (Å²) >= 11 is 4.24. The number of hydrogen-bond donors (Lipinski definition) is 1. The Morgan fingerprint density at radius 2 is 2.05 bits per heavy atom. The second kappa shape index (κ2) is 6.58. The molecular formula is C17H20INS. The first-order valence-corrected chi connectivity index (χ1v) is 9.33. The minimum atomic E-state index is 0.348. The molecular weight excluding hydrogens is 377 g/mol. The lowest BCUT2D eigenvalue weighted by molar-refractivity contribution is 0.599. The Hall–Kier alpha value is -0.390. The first-order chi connectivity index (χ1) is 9.78. The van der Waals surface area contributed by atoms with Crippen LogP contribution in [0.3, 0.4) is 0 Å². The Labute approximate surface area is 138 Å². The molecule has 1 aliphatic carbocycles. The number of nitrogens with one attached hydrogen (secondary N) is 1. The molecule has 1 aliphatic rings. The van der Waals surface area contributed by atoms with Crippen molar-refractivity contribution in [3.63, 3.8) is 0 Å². The third kappa shape index (κ3) is 3.10. The highest BCUT2D eigenvalue weighted by molar-refractivity contribution is 14.1. The summed E-state index contributed by atoms with van der Waals surface area (Å²) in [5.41, 5.74) is 5.96. The summed E-state index contributed by atoms with van der Waals surface area (Å²) in [7, 11) is 0. The van der Waals surface area contributed by atoms with Crippen molar-refractivity contribution in [2.75, 3.05) is 6.54 Å². The van der Waals surface area contributed by atoms with Crippen molar-refractivity contribution in [1.82, 2.24) is 5.32 Å². The molecule has 1 N–H and O–H groups in total. The minimum Gasteiger partial charge on any atom is -0.306 e. The lowest BCUT2D eigenvalue weighted by Gasteiger charge is -2.19. The van der Waals surface area contributed by atoms with Crippen LogP contribution in [-0.4, -0.2) is 6.54 Å². The Bertz CT molecular complexity index is 590. The summed E-state index contributed by atoms with van der Waals surface area (Å²) in [6, 6.07) is 9.75. The first-order valence-electron chi connectivity index (χ1n) is 7.37. The van der Waals surface area contributed by atoms with Crippen LogP contribution in [0.5, 0.6) is 0 Å². The maximum atomic E-state index is 3.71. The largest absolute Gasteiger partial charge is 0.306 e. The molecule has 3 heteroatoms. The van der Waals surface area contributed by atoms with Crippen LogP contribution >= 0.6 is 33.9 Å². The van der Waals surface area contributed by atoms with E-state index in [0.717, 1.165) is 6.54 Å². The summed E-state index contributed by atoms with van der Waals surface area (Å²) in [6.07, 6.45) is 5.01. The Morgan fingerprint density at radius 3 is 2.80 bits per heavy atom. The number of benzene rings is 1. The van der Waals surface area contributed by atoms with Crippen molar-refractivity contribution in [2.24, 2.45) is 0 Å². The molecule has 0 saturated heterocycles. The zero-order chi connectivity index (χ0) is 13.9. The second-order valence-electron chi connectivity index (χ2n) is 5.45. The van der Waals surface area contributed by atoms with E-state index >= 15 is 0 Å². The lowest BCUT2D eigenvalue weighted by Crippen LogP contribution is -2.22. The predicted octanol–water partition coefficient (Wildman–Crippen LogP) is 4.93. The molecule has 1 heterocycles. The van der Waals surface area contributed by atoms with Gasteiger partial charge in [-0.25, -0.2) is 0 Å². The molecule has 20 heavy (non-hydrogen) atoms. The highest BCUT2D eigenvalue weighted by Gasteiger charge is 2.18. The molecule has 1 atom stereocenters. The summed E-state index contributed by atoms with van der Waals surface area (Å²) in [5.74, 6) is 0. The first kappa shape index (κ1) is 14.5. The van der Waals surface area contributed by atoms with Gasteiger partial charge in [0.25, 0.3) is 0 Å². The SMILES string of the molecule is CCCNC(c1csc(I)c1)c1ccc2c(c1)CCC2. The standard InChI is InChI=1S/C17H20INS/c1-2-8-19-17(15-10-16(18)20-11-15)14-7-6-12-4-3-5-13(12)9-14/h6-7,9-11,17,19H,2-5,8H2,1H3. The molecule has 0 bridgehead atoms. The quantitative estimate of drug-likeness (QED) is 0.706. The summed E-state index contributed by atoms with van der Waals surface area (Å²) in [5, 5.41) is 6.00. The van der Waals surface area contributed by atoms with E-state index in [1.54, 1.807) is 11.1 Å². The van der Waals surface area contributed by atoms with Crippen molar-refractivity contribution >= 4 is 33.9 Å². The third-order valence-corrected chi connectivity index (χ3v) is 5.78. The van der Waals surface area contributed by atoms with E-state index in [1.807, 2.05) is 11.3 Å². The number of fused-ring (bicyclic) bond motifs is 1. The van der Waals surface area contributed by atoms with Crippen LogP contribution < -0.4 is 5.32 Å². The highest BCUT2D eigenvalue weighted by atomic mass is 127. The van der Waals surface area contributed by atoms with Gasteiger partial charge in [0, 0.05) is 0 Å². The van der Waals surface area contributed by atoms with Crippen molar-refractivity contribution in [2.45, 2.75) is 38.6 Å². The molecule has 106 valence electrons. The lowest BCUT2D eigenvalue weighted by atomic mass is 9.97. The molecule has 0 spiro atoms. The molecule has 0 amide bonds. The van der Waals surface area contributed by atoms with Gasteiger partial charge in [0.15, 0.2) is 0 Å². The molecule has 0 aliphatic heterocycles. The van der Waals surface area contributed by atoms with Crippen LogP contribution in [0.15, 0.2) is 29.6 Å². The van der Waals surface area contributed by atoms with E-state index in [9.17, 15) is 0 Å². The van der Waals surface area contributed by atoms with Crippen LogP contribution in [0.2, 0.25) is 0 Å². The monoisotopic (exact) mass is 397 g/mol. The minimum absolute atomic E-state index is 0.348. The maximum absolute atomic E-state index is 3.71. The van der Waals surface area contributed by atoms with Crippen molar-refractivity contribution in [3.8, 4) is 0 Å². The number of halogens is 1. The van der Waals surface area contributed by atoms with Gasteiger partial charge in [-0.2, -0.15) is 0 Å². The molecule has 0 saturated carbocycles. The Kier molecular flexibility index (Phi) is 4.79. The third-order valence-electron chi connectivity index (χ3n) is 3.98. The van der Waals surface area contributed by atoms with Gasteiger partial charge in [0.2, 0.25) is 0 Å². The summed E-state index contributed by atoms with van der Waals surface area (Å²) < 4.78 is 1.36. The molecule has 2 aromatic rings. The van der Waals surface area contributed by atoms with Gasteiger partial charge in [0.1, 0.15) is 0 Å². The van der Waals surface area contributed by atoms with Gasteiger partial charge in [-0.15, -0.1) is 11.3 Å². The van der Waals surface area contributed by atoms with E-state index in [-0.39, 0.29) is 0 Å². The van der Waals surface area contributed by atoms with Crippen molar-refractivity contribution in [1.29, 1.82) is 0 Å². The van der Waals surface area contributed by atoms with E-state index in [4.69, 9.17) is 0 Å². The zero-order valence-corrected chi connectivity index (χ0v) is 14.8. The van der Waals surface area contributed by atoms with Gasteiger partial charge in [-0.05, 0) is 88.5 Å². The fourth-order valence-electron chi connectivity index (χ4n) is 2.96. The second-order valence-corrected chi connectivity index (χ2v) is 8.26. The van der Waals surface area contributed by atoms with E-state index in [2.05, 4.69) is 64.5 Å². The predicted molar refractivity (Wildman–Crippen MR) is 95.6 cm³/mol. The topological polar surface area (TPSA) is 12.0 Å². The van der Waals surface area contributed by atoms with E-state index < -0.39 is 0 Å². The van der Waals surface area contributed by atoms with E-state index in [1.165, 1.54) is 39.7 Å². The van der Waals surface area contributed by atoms with Crippen LogP contribution in [0.1, 0.15) is 48.1 Å². The Morgan fingerprint density at radius 1 is 1.20 bits per heavy atom. The van der Waals surface area contributed by atoms with Crippen LogP contribution in [0.25, 0.3) is 0 Å². The normalized spacial score (nSPS) is 15.3. The molecule has 1 aromatic carbocycles. The molecule has 1 unspecified atom stereocenters. The van der Waals surface area contributed by atoms with Crippen molar-refractivity contribution < 1.29 is 0 Å². The molecule has 1 aromatic heterocycles. The summed E-state index contributed by atoms with van der Waals surface area (Å²) in [4.78, 5) is 0. The molecule has 0 fully saturated rings. The van der Waals surface area contributed by atoms with E-state index in [0.29, 0.717) is 6.04 Å². The fourth-order valence-corrected chi connectivity index (χ4v) is 4.36. The van der Waals surface area contributed by atoms with Gasteiger partial charge in [-0.1, -0.05) is 25.1 Å². The van der Waals surface area contributed by atoms with Crippen molar-refractivity contribution in [3.05, 3.63) is 54.8 Å². The average molecular weight is 397 g/mol. The average Bonchev–Trinajstić information content (AvgIpc) is 3.07. The van der Waals surface area contributed by atoms with Crippen LogP contribution in [-0.2, 0) is 12.8 Å². The fraction of sp³-hybridized carbons (Fsp3) is 0.412. The van der Waals surface area contributed by atoms with Crippen LogP contribution in [0.4, 0.5) is 0 Å². The zero-order valence-electron chi connectivity index (χ0n) is 11.8. The van der Waals surface area contributed by atoms with Crippen LogP contribution in [0, 0.1) is 2.88 Å². The number of aryl methyl sites for hydroxylation is 2. The van der Waals surface area contributed by atoms with Gasteiger partial charge in [0.05, 0.1) is 8.93 Å². The molecule has 0 radical (unpaired) electrons. The highest BCUT2D eigenvalue weighted by Crippen LogP contribution is 2.31. The Balaban J connectivity index is 1.92. The molecule has 1 nitrogen and oxygen atoms in total. The maximum Gasteiger partial charge on any atom is 0.0656 e. The van der Waals surface area contributed by atoms with Gasteiger partial charge >= 0.3 is 0 Å². The number of rotatable bonds is 5. The smallest absolute Gasteiger partial charge is 0.0656 e.